The number of hydrogen-bond donors (Lipinski definition) is 0. The maximum atomic E-state index is 0. The van der Waals surface area contributed by atoms with E-state index in [0.29, 0.717) is 0 Å². The summed E-state index contributed by atoms with van der Waals surface area (Å²) in [6.45, 7) is 0. The van der Waals surface area contributed by atoms with E-state index in [4.69, 9.17) is 0 Å². The van der Waals surface area contributed by atoms with Crippen molar-refractivity contribution in [3.63, 3.8) is 0 Å². The standard InChI is InChI=1S/2Cr.2Cu.H2Te/h;;;;1H2. The first-order valence-electron chi connectivity index (χ1n) is 0. The van der Waals surface area contributed by atoms with E-state index in [1.165, 1.54) is 0 Å². The van der Waals surface area contributed by atoms with Gasteiger partial charge in [-0.1, -0.05) is 0 Å². The summed E-state index contributed by atoms with van der Waals surface area (Å²) < 4.78 is 0. The molecule has 0 saturated heterocycles. The second kappa shape index (κ2) is 28.6. The van der Waals surface area contributed by atoms with Crippen LogP contribution in [0.25, 0.3) is 0 Å². The van der Waals surface area contributed by atoms with Gasteiger partial charge in [0.05, 0.1) is 0 Å². The molecule has 0 aromatic heterocycles. The summed E-state index contributed by atoms with van der Waals surface area (Å²) in [5, 5.41) is 0. The Bertz CT molecular complexity index is 7.61. The van der Waals surface area contributed by atoms with Crippen molar-refractivity contribution in [2.45, 2.75) is 0 Å². The second-order valence-corrected chi connectivity index (χ2v) is 0. The molecule has 0 aromatic carbocycles. The zero-order valence-electron chi connectivity index (χ0n) is 1.92. The van der Waals surface area contributed by atoms with Crippen molar-refractivity contribution in [2.24, 2.45) is 0 Å². The molecule has 0 unspecified atom stereocenters. The Morgan fingerprint density at radius 2 is 0.600 bits per heavy atom. The Kier molecular flexibility index (Phi) is 256. The quantitative estimate of drug-likeness (QED) is 0.490. The van der Waals surface area contributed by atoms with Gasteiger partial charge in [-0.05, 0) is 0 Å². The van der Waals surface area contributed by atoms with Gasteiger partial charge in [0.1, 0.15) is 0 Å². The van der Waals surface area contributed by atoms with Crippen LogP contribution in [0.2, 0.25) is 0 Å². The third kappa shape index (κ3) is 19.7. The molecule has 0 aliphatic heterocycles. The van der Waals surface area contributed by atoms with E-state index >= 15 is 0 Å². The molecule has 2 radical (unpaired) electrons. The van der Waals surface area contributed by atoms with Crippen LogP contribution < -0.4 is 0 Å². The molecule has 0 bridgehead atoms. The predicted octanol–water partition coefficient (Wildman–Crippen LogP) is -0.926. The fourth-order valence-corrected chi connectivity index (χ4v) is 0. The zero-order valence-corrected chi connectivity index (χ0v) is 9.21. The van der Waals surface area contributed by atoms with E-state index in [1.807, 2.05) is 0 Å². The molecule has 0 nitrogen and oxygen atoms in total. The Balaban J connectivity index is 0. The summed E-state index contributed by atoms with van der Waals surface area (Å²) >= 11 is 0. The van der Waals surface area contributed by atoms with Gasteiger partial charge in [0, 0.05) is 68.9 Å². The van der Waals surface area contributed by atoms with E-state index in [-0.39, 0.29) is 92.5 Å². The van der Waals surface area contributed by atoms with Crippen LogP contribution in [-0.2, 0) is 68.9 Å². The molecule has 0 heterocycles. The van der Waals surface area contributed by atoms with Gasteiger partial charge in [-0.15, -0.1) is 0 Å². The topological polar surface area (TPSA) is 0 Å². The van der Waals surface area contributed by atoms with Crippen LogP contribution >= 0.6 is 0 Å². The average Bonchev–Trinajstić information content (AvgIpc) is 0. The van der Waals surface area contributed by atoms with Crippen LogP contribution in [0, 0.1) is 0 Å². The van der Waals surface area contributed by atoms with Gasteiger partial charge < -0.3 is 0 Å². The Hall–Kier alpha value is 2.89. The third-order valence-electron chi connectivity index (χ3n) is 0. The fourth-order valence-electron chi connectivity index (χ4n) is 0. The van der Waals surface area contributed by atoms with Gasteiger partial charge in [0.25, 0.3) is 0 Å². The van der Waals surface area contributed by atoms with E-state index < -0.39 is 0 Å². The van der Waals surface area contributed by atoms with Crippen molar-refractivity contribution < 1.29 is 68.9 Å². The van der Waals surface area contributed by atoms with Gasteiger partial charge in [0.2, 0.25) is 0 Å². The van der Waals surface area contributed by atoms with Gasteiger partial charge in [-0.3, -0.25) is 0 Å². The first kappa shape index (κ1) is 44.8. The van der Waals surface area contributed by atoms with Crippen LogP contribution in [-0.4, -0.2) is 23.7 Å². The predicted molar refractivity (Wildman–Crippen MR) is 8.54 cm³/mol. The SMILES string of the molecule is [Cr].[Cr].[Cu].[Cu].[TeH2]. The van der Waals surface area contributed by atoms with E-state index in [2.05, 4.69) is 0 Å². The van der Waals surface area contributed by atoms with E-state index in [0.717, 1.165) is 0 Å². The minimum atomic E-state index is 0. The molecule has 5 heavy (non-hydrogen) atoms. The van der Waals surface area contributed by atoms with Gasteiger partial charge in [0.15, 0.2) is 0 Å². The first-order chi connectivity index (χ1) is 0. The number of rotatable bonds is 0. The van der Waals surface area contributed by atoms with Crippen LogP contribution in [0.1, 0.15) is 0 Å². The summed E-state index contributed by atoms with van der Waals surface area (Å²) in [7, 11) is 0. The molecule has 0 rings (SSSR count). The third-order valence-corrected chi connectivity index (χ3v) is 0. The molecule has 42 valence electrons. The molecular weight excluding hydrogens is 359 g/mol. The van der Waals surface area contributed by atoms with E-state index in [1.54, 1.807) is 0 Å². The molecule has 0 aliphatic rings. The molecule has 0 fully saturated rings. The zero-order chi connectivity index (χ0) is 0. The summed E-state index contributed by atoms with van der Waals surface area (Å²) in [5.74, 6) is 0. The minimum absolute atomic E-state index is 0. The molecular formula is H2Cr2Cu2Te. The Labute approximate surface area is 91.2 Å². The van der Waals surface area contributed by atoms with Crippen LogP contribution in [0.5, 0.6) is 0 Å². The van der Waals surface area contributed by atoms with Gasteiger partial charge in [-0.2, -0.15) is 0 Å². The molecule has 0 amide bonds. The van der Waals surface area contributed by atoms with Crippen molar-refractivity contribution in [1.82, 2.24) is 0 Å². The van der Waals surface area contributed by atoms with Gasteiger partial charge in [-0.25, -0.2) is 0 Å². The average molecular weight is 361 g/mol. The summed E-state index contributed by atoms with van der Waals surface area (Å²) in [4.78, 5) is 0. The Morgan fingerprint density at radius 3 is 0.600 bits per heavy atom. The number of hydrogen-bond acceptors (Lipinski definition) is 0. The van der Waals surface area contributed by atoms with Crippen molar-refractivity contribution in [2.75, 3.05) is 0 Å². The van der Waals surface area contributed by atoms with Crippen LogP contribution in [0.4, 0.5) is 0 Å². The molecule has 0 aliphatic carbocycles. The molecule has 0 atom stereocenters. The summed E-state index contributed by atoms with van der Waals surface area (Å²) in [6.07, 6.45) is 0. The van der Waals surface area contributed by atoms with Crippen molar-refractivity contribution in [1.29, 1.82) is 0 Å². The Morgan fingerprint density at radius 1 is 0.600 bits per heavy atom. The van der Waals surface area contributed by atoms with Crippen molar-refractivity contribution >= 4 is 23.7 Å². The monoisotopic (exact) mass is 362 g/mol. The van der Waals surface area contributed by atoms with Gasteiger partial charge >= 0.3 is 23.7 Å². The maximum absolute atomic E-state index is 0. The first-order valence-corrected chi connectivity index (χ1v) is 0. The molecule has 0 N–H and O–H groups in total. The normalized spacial score (nSPS) is 0. The van der Waals surface area contributed by atoms with E-state index in [9.17, 15) is 0 Å². The van der Waals surface area contributed by atoms with Crippen molar-refractivity contribution in [3.8, 4) is 0 Å². The molecule has 5 heteroatoms. The molecule has 0 spiro atoms. The van der Waals surface area contributed by atoms with Crippen LogP contribution in [0.15, 0.2) is 0 Å². The molecule has 0 aromatic rings. The van der Waals surface area contributed by atoms with Crippen LogP contribution in [0.3, 0.4) is 0 Å². The second-order valence-electron chi connectivity index (χ2n) is 0. The fraction of sp³-hybridized carbons (Fsp3) is 0. The van der Waals surface area contributed by atoms with Crippen molar-refractivity contribution in [3.05, 3.63) is 0 Å². The summed E-state index contributed by atoms with van der Waals surface area (Å²) in [5.41, 5.74) is 0. The summed E-state index contributed by atoms with van der Waals surface area (Å²) in [6, 6.07) is 0. The molecule has 0 saturated carbocycles.